The number of hydrogen-bond acceptors (Lipinski definition) is 3. The molecule has 0 unspecified atom stereocenters. The van der Waals surface area contributed by atoms with E-state index < -0.39 is 5.63 Å². The molecular formula is C16H11NO2. The normalized spacial score (nSPS) is 10.3. The van der Waals surface area contributed by atoms with Crippen LogP contribution in [0.2, 0.25) is 0 Å². The molecule has 19 heavy (non-hydrogen) atoms. The summed E-state index contributed by atoms with van der Waals surface area (Å²) in [5.41, 5.74) is 2.87. The van der Waals surface area contributed by atoms with Crippen LogP contribution in [-0.2, 0) is 0 Å². The van der Waals surface area contributed by atoms with Crippen LogP contribution >= 0.6 is 0 Å². The molecule has 92 valence electrons. The SMILES string of the molecule is O=c1cc(-c2ccccc2)c(-c2ccccc2)no1. The molecule has 3 aromatic rings. The third-order valence-electron chi connectivity index (χ3n) is 2.88. The van der Waals surface area contributed by atoms with Crippen LogP contribution < -0.4 is 5.63 Å². The molecule has 0 aliphatic rings. The average Bonchev–Trinajstić information content (AvgIpc) is 2.49. The van der Waals surface area contributed by atoms with Gasteiger partial charge in [0.2, 0.25) is 0 Å². The Bertz CT molecular complexity index is 733. The Balaban J connectivity index is 2.24. The number of aromatic nitrogens is 1. The van der Waals surface area contributed by atoms with Crippen molar-refractivity contribution in [3.8, 4) is 22.4 Å². The molecule has 0 saturated carbocycles. The molecule has 3 nitrogen and oxygen atoms in total. The number of rotatable bonds is 2. The highest BCUT2D eigenvalue weighted by Crippen LogP contribution is 2.28. The Morgan fingerprint density at radius 3 is 2.00 bits per heavy atom. The van der Waals surface area contributed by atoms with Crippen LogP contribution in [0.4, 0.5) is 0 Å². The van der Waals surface area contributed by atoms with Gasteiger partial charge in [0.15, 0.2) is 0 Å². The molecule has 0 fully saturated rings. The summed E-state index contributed by atoms with van der Waals surface area (Å²) in [6.07, 6.45) is 0. The summed E-state index contributed by atoms with van der Waals surface area (Å²) in [6, 6.07) is 20.8. The maximum absolute atomic E-state index is 11.4. The molecule has 0 N–H and O–H groups in total. The molecule has 0 bridgehead atoms. The predicted octanol–water partition coefficient (Wildman–Crippen LogP) is 3.37. The highest BCUT2D eigenvalue weighted by molar-refractivity contribution is 5.79. The molecule has 2 aromatic carbocycles. The standard InChI is InChI=1S/C16H11NO2/c18-15-11-14(12-7-3-1-4-8-12)16(17-19-15)13-9-5-2-6-10-13/h1-11H. The van der Waals surface area contributed by atoms with E-state index in [1.165, 1.54) is 6.07 Å². The van der Waals surface area contributed by atoms with Gasteiger partial charge >= 0.3 is 5.63 Å². The molecule has 0 aliphatic heterocycles. The topological polar surface area (TPSA) is 43.1 Å². The molecule has 0 saturated heterocycles. The molecule has 0 spiro atoms. The first-order chi connectivity index (χ1) is 9.34. The lowest BCUT2D eigenvalue weighted by Crippen LogP contribution is -2.01. The summed E-state index contributed by atoms with van der Waals surface area (Å²) in [6.45, 7) is 0. The van der Waals surface area contributed by atoms with Gasteiger partial charge in [-0.1, -0.05) is 65.8 Å². The predicted molar refractivity (Wildman–Crippen MR) is 73.6 cm³/mol. The van der Waals surface area contributed by atoms with Gasteiger partial charge in [-0.05, 0) is 5.56 Å². The van der Waals surface area contributed by atoms with Crippen LogP contribution in [0.3, 0.4) is 0 Å². The quantitative estimate of drug-likeness (QED) is 0.699. The molecule has 1 aromatic heterocycles. The van der Waals surface area contributed by atoms with Gasteiger partial charge in [0.1, 0.15) is 5.69 Å². The van der Waals surface area contributed by atoms with Crippen molar-refractivity contribution in [2.24, 2.45) is 0 Å². The van der Waals surface area contributed by atoms with Gasteiger partial charge in [0.05, 0.1) is 0 Å². The van der Waals surface area contributed by atoms with Crippen LogP contribution in [0.25, 0.3) is 22.4 Å². The van der Waals surface area contributed by atoms with E-state index in [-0.39, 0.29) is 0 Å². The number of benzene rings is 2. The minimum atomic E-state index is -0.446. The minimum absolute atomic E-state index is 0.446. The zero-order valence-corrected chi connectivity index (χ0v) is 10.1. The molecule has 0 atom stereocenters. The second-order valence-corrected chi connectivity index (χ2v) is 4.14. The van der Waals surface area contributed by atoms with Crippen molar-refractivity contribution in [3.63, 3.8) is 0 Å². The van der Waals surface area contributed by atoms with Crippen molar-refractivity contribution in [2.75, 3.05) is 0 Å². The summed E-state index contributed by atoms with van der Waals surface area (Å²) in [5.74, 6) is 0. The minimum Gasteiger partial charge on any atom is -0.313 e. The van der Waals surface area contributed by atoms with Crippen molar-refractivity contribution < 1.29 is 4.52 Å². The molecule has 1 heterocycles. The van der Waals surface area contributed by atoms with Crippen molar-refractivity contribution in [1.82, 2.24) is 5.16 Å². The highest BCUT2D eigenvalue weighted by atomic mass is 16.5. The lowest BCUT2D eigenvalue weighted by molar-refractivity contribution is 0.374. The van der Waals surface area contributed by atoms with E-state index in [1.54, 1.807) is 0 Å². The molecular weight excluding hydrogens is 238 g/mol. The summed E-state index contributed by atoms with van der Waals surface area (Å²) < 4.78 is 4.77. The molecule has 0 aliphatic carbocycles. The van der Waals surface area contributed by atoms with Crippen LogP contribution in [-0.4, -0.2) is 5.16 Å². The van der Waals surface area contributed by atoms with E-state index in [1.807, 2.05) is 60.7 Å². The highest BCUT2D eigenvalue weighted by Gasteiger charge is 2.10. The van der Waals surface area contributed by atoms with Crippen LogP contribution in [0.1, 0.15) is 0 Å². The van der Waals surface area contributed by atoms with E-state index in [0.717, 1.165) is 16.7 Å². The smallest absolute Gasteiger partial charge is 0.313 e. The molecule has 3 heteroatoms. The van der Waals surface area contributed by atoms with E-state index in [2.05, 4.69) is 5.16 Å². The zero-order valence-electron chi connectivity index (χ0n) is 10.1. The fourth-order valence-electron chi connectivity index (χ4n) is 1.99. The molecule has 0 amide bonds. The van der Waals surface area contributed by atoms with Gasteiger partial charge in [-0.25, -0.2) is 4.79 Å². The maximum atomic E-state index is 11.4. The van der Waals surface area contributed by atoms with Crippen molar-refractivity contribution >= 4 is 0 Å². The fraction of sp³-hybridized carbons (Fsp3) is 0. The van der Waals surface area contributed by atoms with Crippen molar-refractivity contribution in [3.05, 3.63) is 77.2 Å². The van der Waals surface area contributed by atoms with Gasteiger partial charge in [0.25, 0.3) is 0 Å². The van der Waals surface area contributed by atoms with Crippen LogP contribution in [0.5, 0.6) is 0 Å². The van der Waals surface area contributed by atoms with Gasteiger partial charge in [-0.2, -0.15) is 0 Å². The number of nitrogens with zero attached hydrogens (tertiary/aromatic N) is 1. The van der Waals surface area contributed by atoms with Gasteiger partial charge in [0, 0.05) is 17.2 Å². The molecule has 0 radical (unpaired) electrons. The summed E-state index contributed by atoms with van der Waals surface area (Å²) in [5, 5.41) is 3.94. The van der Waals surface area contributed by atoms with E-state index in [0.29, 0.717) is 5.69 Å². The summed E-state index contributed by atoms with van der Waals surface area (Å²) >= 11 is 0. The Kier molecular flexibility index (Phi) is 2.94. The fourth-order valence-corrected chi connectivity index (χ4v) is 1.99. The summed E-state index contributed by atoms with van der Waals surface area (Å²) in [7, 11) is 0. The zero-order chi connectivity index (χ0) is 13.1. The Morgan fingerprint density at radius 2 is 1.37 bits per heavy atom. The van der Waals surface area contributed by atoms with Crippen LogP contribution in [0.15, 0.2) is 76.0 Å². The first-order valence-electron chi connectivity index (χ1n) is 5.96. The second-order valence-electron chi connectivity index (χ2n) is 4.14. The van der Waals surface area contributed by atoms with Crippen molar-refractivity contribution in [2.45, 2.75) is 0 Å². The monoisotopic (exact) mass is 249 g/mol. The van der Waals surface area contributed by atoms with Crippen molar-refractivity contribution in [1.29, 1.82) is 0 Å². The van der Waals surface area contributed by atoms with Gasteiger partial charge in [-0.15, -0.1) is 0 Å². The lowest BCUT2D eigenvalue weighted by atomic mass is 10.0. The third kappa shape index (κ3) is 2.31. The van der Waals surface area contributed by atoms with Crippen LogP contribution in [0, 0.1) is 0 Å². The Labute approximate surface area is 110 Å². The number of hydrogen-bond donors (Lipinski definition) is 0. The first kappa shape index (κ1) is 11.4. The van der Waals surface area contributed by atoms with E-state index in [4.69, 9.17) is 4.52 Å². The average molecular weight is 249 g/mol. The third-order valence-corrected chi connectivity index (χ3v) is 2.88. The Hall–Kier alpha value is -2.68. The van der Waals surface area contributed by atoms with E-state index >= 15 is 0 Å². The lowest BCUT2D eigenvalue weighted by Gasteiger charge is -2.06. The first-order valence-corrected chi connectivity index (χ1v) is 5.96. The largest absolute Gasteiger partial charge is 0.359 e. The second kappa shape index (κ2) is 4.90. The molecule has 3 rings (SSSR count). The Morgan fingerprint density at radius 1 is 0.789 bits per heavy atom. The summed E-state index contributed by atoms with van der Waals surface area (Å²) in [4.78, 5) is 11.4. The van der Waals surface area contributed by atoms with Gasteiger partial charge < -0.3 is 4.52 Å². The maximum Gasteiger partial charge on any atom is 0.359 e. The van der Waals surface area contributed by atoms with Gasteiger partial charge in [-0.3, -0.25) is 0 Å². The van der Waals surface area contributed by atoms with E-state index in [9.17, 15) is 4.79 Å².